The summed E-state index contributed by atoms with van der Waals surface area (Å²) in [6.07, 6.45) is 1.82. The van der Waals surface area contributed by atoms with Crippen molar-refractivity contribution in [1.82, 2.24) is 4.90 Å². The van der Waals surface area contributed by atoms with Crippen LogP contribution in [0, 0.1) is 0 Å². The largest absolute Gasteiger partial charge is 0.492 e. The van der Waals surface area contributed by atoms with Crippen LogP contribution in [0.4, 0.5) is 0 Å². The minimum Gasteiger partial charge on any atom is -0.492 e. The van der Waals surface area contributed by atoms with Crippen LogP contribution in [-0.4, -0.2) is 42.2 Å². The van der Waals surface area contributed by atoms with E-state index in [1.54, 1.807) is 0 Å². The number of rotatable bonds is 6. The van der Waals surface area contributed by atoms with Gasteiger partial charge in [0.15, 0.2) is 0 Å². The zero-order chi connectivity index (χ0) is 21.3. The number of carbonyl (C=O) groups is 1. The van der Waals surface area contributed by atoms with Crippen LogP contribution in [0.2, 0.25) is 5.02 Å². The van der Waals surface area contributed by atoms with E-state index >= 15 is 0 Å². The molecule has 2 aliphatic heterocycles. The summed E-state index contributed by atoms with van der Waals surface area (Å²) in [6, 6.07) is 12.1. The fourth-order valence-corrected chi connectivity index (χ4v) is 4.85. The molecule has 0 unspecified atom stereocenters. The molecule has 0 saturated carbocycles. The van der Waals surface area contributed by atoms with Gasteiger partial charge in [-0.25, -0.2) is 0 Å². The van der Waals surface area contributed by atoms with Crippen molar-refractivity contribution in [2.75, 3.05) is 26.2 Å². The molecule has 0 bridgehead atoms. The standard InChI is InChI=1S/C24H28ClNO4/c1-16(2)18-4-3-5-21(25)19(18)14-29-17-6-7-20-22(12-17)30-15-24(20)8-10-26(11-9-24)13-23(27)28/h3-7,12,16H,8-11,13-15H2,1-2H3,(H,27,28). The number of aliphatic carboxylic acids is 1. The van der Waals surface area contributed by atoms with Crippen molar-refractivity contribution in [1.29, 1.82) is 0 Å². The Morgan fingerprint density at radius 3 is 2.73 bits per heavy atom. The van der Waals surface area contributed by atoms with Crippen molar-refractivity contribution in [2.24, 2.45) is 0 Å². The van der Waals surface area contributed by atoms with Crippen LogP contribution in [0.5, 0.6) is 11.5 Å². The van der Waals surface area contributed by atoms with Gasteiger partial charge in [0.25, 0.3) is 0 Å². The van der Waals surface area contributed by atoms with Crippen LogP contribution in [0.15, 0.2) is 36.4 Å². The number of carboxylic acid groups (broad SMARTS) is 1. The molecule has 6 heteroatoms. The highest BCUT2D eigenvalue weighted by atomic mass is 35.5. The van der Waals surface area contributed by atoms with Crippen LogP contribution >= 0.6 is 11.6 Å². The van der Waals surface area contributed by atoms with Gasteiger partial charge in [-0.1, -0.05) is 43.6 Å². The zero-order valence-electron chi connectivity index (χ0n) is 17.5. The third-order valence-corrected chi connectivity index (χ3v) is 6.71. The molecule has 0 atom stereocenters. The monoisotopic (exact) mass is 429 g/mol. The second-order valence-corrected chi connectivity index (χ2v) is 9.06. The van der Waals surface area contributed by atoms with E-state index in [-0.39, 0.29) is 12.0 Å². The van der Waals surface area contributed by atoms with E-state index in [1.807, 2.05) is 29.2 Å². The number of ether oxygens (including phenoxy) is 2. The SMILES string of the molecule is CC(C)c1cccc(Cl)c1COc1ccc2c(c1)OCC21CCN(CC(=O)O)CC1. The predicted molar refractivity (Wildman–Crippen MR) is 117 cm³/mol. The first kappa shape index (κ1) is 21.0. The number of benzene rings is 2. The molecule has 0 radical (unpaired) electrons. The van der Waals surface area contributed by atoms with Gasteiger partial charge in [0.1, 0.15) is 18.1 Å². The quantitative estimate of drug-likeness (QED) is 0.711. The van der Waals surface area contributed by atoms with Gasteiger partial charge in [0.05, 0.1) is 13.2 Å². The summed E-state index contributed by atoms with van der Waals surface area (Å²) >= 11 is 6.43. The summed E-state index contributed by atoms with van der Waals surface area (Å²) in [5.74, 6) is 1.25. The van der Waals surface area contributed by atoms with Gasteiger partial charge in [-0.3, -0.25) is 9.69 Å². The molecule has 2 aromatic carbocycles. The zero-order valence-corrected chi connectivity index (χ0v) is 18.2. The average molecular weight is 430 g/mol. The van der Waals surface area contributed by atoms with E-state index < -0.39 is 5.97 Å². The van der Waals surface area contributed by atoms with E-state index in [0.29, 0.717) is 19.1 Å². The third kappa shape index (κ3) is 4.14. The second kappa shape index (κ2) is 8.48. The van der Waals surface area contributed by atoms with Crippen molar-refractivity contribution < 1.29 is 19.4 Å². The maximum Gasteiger partial charge on any atom is 0.317 e. The summed E-state index contributed by atoms with van der Waals surface area (Å²) in [5.41, 5.74) is 3.42. The Kier molecular flexibility index (Phi) is 5.94. The van der Waals surface area contributed by atoms with Crippen LogP contribution < -0.4 is 9.47 Å². The molecule has 1 saturated heterocycles. The van der Waals surface area contributed by atoms with Crippen molar-refractivity contribution in [3.05, 3.63) is 58.1 Å². The molecule has 1 fully saturated rings. The minimum absolute atomic E-state index is 0.0174. The highest BCUT2D eigenvalue weighted by Crippen LogP contribution is 2.46. The molecule has 2 heterocycles. The van der Waals surface area contributed by atoms with Gasteiger partial charge >= 0.3 is 5.97 Å². The number of hydrogen-bond donors (Lipinski definition) is 1. The molecular formula is C24H28ClNO4. The van der Waals surface area contributed by atoms with Crippen molar-refractivity contribution in [2.45, 2.75) is 44.6 Å². The lowest BCUT2D eigenvalue weighted by atomic mass is 9.74. The lowest BCUT2D eigenvalue weighted by molar-refractivity contribution is -0.138. The third-order valence-electron chi connectivity index (χ3n) is 6.36. The highest BCUT2D eigenvalue weighted by molar-refractivity contribution is 6.31. The van der Waals surface area contributed by atoms with Gasteiger partial charge in [-0.2, -0.15) is 0 Å². The predicted octanol–water partition coefficient (Wildman–Crippen LogP) is 4.85. The van der Waals surface area contributed by atoms with Crippen molar-refractivity contribution >= 4 is 17.6 Å². The Balaban J connectivity index is 1.46. The maximum atomic E-state index is 11.0. The van der Waals surface area contributed by atoms with Gasteiger partial charge < -0.3 is 14.6 Å². The Morgan fingerprint density at radius 1 is 1.27 bits per heavy atom. The fourth-order valence-electron chi connectivity index (χ4n) is 4.61. The van der Waals surface area contributed by atoms with Crippen molar-refractivity contribution in [3.63, 3.8) is 0 Å². The summed E-state index contributed by atoms with van der Waals surface area (Å²) < 4.78 is 12.1. The van der Waals surface area contributed by atoms with E-state index in [2.05, 4.69) is 26.0 Å². The van der Waals surface area contributed by atoms with E-state index in [0.717, 1.165) is 48.0 Å². The molecule has 1 N–H and O–H groups in total. The van der Waals surface area contributed by atoms with Gasteiger partial charge in [0, 0.05) is 27.6 Å². The summed E-state index contributed by atoms with van der Waals surface area (Å²) in [7, 11) is 0. The lowest BCUT2D eigenvalue weighted by Crippen LogP contribution is -2.45. The molecular weight excluding hydrogens is 402 g/mol. The molecule has 0 amide bonds. The Hall–Kier alpha value is -2.24. The lowest BCUT2D eigenvalue weighted by Gasteiger charge is -2.37. The Labute approximate surface area is 182 Å². The molecule has 2 aromatic rings. The number of halogens is 1. The first-order valence-corrected chi connectivity index (χ1v) is 10.9. The van der Waals surface area contributed by atoms with E-state index in [1.165, 1.54) is 11.1 Å². The van der Waals surface area contributed by atoms with Gasteiger partial charge in [-0.05, 0) is 49.5 Å². The highest BCUT2D eigenvalue weighted by Gasteiger charge is 2.43. The van der Waals surface area contributed by atoms with Crippen LogP contribution in [0.3, 0.4) is 0 Å². The van der Waals surface area contributed by atoms with Crippen LogP contribution in [0.1, 0.15) is 49.3 Å². The molecule has 5 nitrogen and oxygen atoms in total. The van der Waals surface area contributed by atoms with Crippen LogP contribution in [-0.2, 0) is 16.8 Å². The number of carboxylic acids is 1. The Morgan fingerprint density at radius 2 is 2.03 bits per heavy atom. The van der Waals surface area contributed by atoms with Crippen LogP contribution in [0.25, 0.3) is 0 Å². The average Bonchev–Trinajstić information content (AvgIpc) is 3.06. The molecule has 1 spiro atoms. The molecule has 0 aliphatic carbocycles. The van der Waals surface area contributed by atoms with Crippen molar-refractivity contribution in [3.8, 4) is 11.5 Å². The molecule has 0 aromatic heterocycles. The molecule has 2 aliphatic rings. The maximum absolute atomic E-state index is 11.0. The van der Waals surface area contributed by atoms with E-state index in [9.17, 15) is 4.79 Å². The summed E-state index contributed by atoms with van der Waals surface area (Å²) in [5, 5.41) is 9.75. The van der Waals surface area contributed by atoms with Gasteiger partial charge in [0.2, 0.25) is 0 Å². The summed E-state index contributed by atoms with van der Waals surface area (Å²) in [6.45, 7) is 7.03. The first-order chi connectivity index (χ1) is 14.4. The topological polar surface area (TPSA) is 59.0 Å². The fraction of sp³-hybridized carbons (Fsp3) is 0.458. The Bertz CT molecular complexity index is 935. The number of fused-ring (bicyclic) bond motifs is 2. The number of nitrogens with zero attached hydrogens (tertiary/aromatic N) is 1. The second-order valence-electron chi connectivity index (χ2n) is 8.65. The molecule has 4 rings (SSSR count). The number of hydrogen-bond acceptors (Lipinski definition) is 4. The smallest absolute Gasteiger partial charge is 0.317 e. The molecule has 160 valence electrons. The number of likely N-dealkylation sites (tertiary alicyclic amines) is 1. The molecule has 30 heavy (non-hydrogen) atoms. The normalized spacial score (nSPS) is 17.7. The number of piperidine rings is 1. The first-order valence-electron chi connectivity index (χ1n) is 10.5. The summed E-state index contributed by atoms with van der Waals surface area (Å²) in [4.78, 5) is 13.0. The van der Waals surface area contributed by atoms with Gasteiger partial charge in [-0.15, -0.1) is 0 Å². The minimum atomic E-state index is -0.769. The van der Waals surface area contributed by atoms with E-state index in [4.69, 9.17) is 26.2 Å².